The summed E-state index contributed by atoms with van der Waals surface area (Å²) in [6.45, 7) is 4.77. The highest BCUT2D eigenvalue weighted by Crippen LogP contribution is 2.31. The molecule has 0 spiro atoms. The fraction of sp³-hybridized carbons (Fsp3) is 0.304. The van der Waals surface area contributed by atoms with E-state index in [0.29, 0.717) is 29.7 Å². The Labute approximate surface area is 183 Å². The lowest BCUT2D eigenvalue weighted by atomic mass is 10.1. The zero-order valence-corrected chi connectivity index (χ0v) is 18.1. The van der Waals surface area contributed by atoms with Crippen LogP contribution in [0.25, 0.3) is 11.0 Å². The van der Waals surface area contributed by atoms with E-state index in [2.05, 4.69) is 14.6 Å². The third-order valence-corrected chi connectivity index (χ3v) is 5.86. The monoisotopic (exact) mass is 433 g/mol. The Balaban J connectivity index is 1.36. The number of aryl methyl sites for hydroxylation is 2. The van der Waals surface area contributed by atoms with Crippen LogP contribution in [0.15, 0.2) is 47.7 Å². The second kappa shape index (κ2) is 7.67. The molecule has 0 N–H and O–H groups in total. The second-order valence-electron chi connectivity index (χ2n) is 8.00. The third-order valence-electron chi connectivity index (χ3n) is 5.86. The first-order valence-electron chi connectivity index (χ1n) is 10.4. The van der Waals surface area contributed by atoms with Gasteiger partial charge in [0.05, 0.1) is 19.3 Å². The van der Waals surface area contributed by atoms with Gasteiger partial charge in [0.1, 0.15) is 18.3 Å². The number of hydrogen-bond donors (Lipinski definition) is 0. The minimum Gasteiger partial charge on any atom is -0.486 e. The van der Waals surface area contributed by atoms with Gasteiger partial charge in [-0.05, 0) is 32.0 Å². The van der Waals surface area contributed by atoms with Gasteiger partial charge < -0.3 is 14.0 Å². The summed E-state index contributed by atoms with van der Waals surface area (Å²) in [5.74, 6) is 1.31. The van der Waals surface area contributed by atoms with Crippen molar-refractivity contribution < 1.29 is 14.3 Å². The number of ketones is 1. The molecule has 0 amide bonds. The van der Waals surface area contributed by atoms with E-state index in [1.165, 1.54) is 21.8 Å². The van der Waals surface area contributed by atoms with E-state index in [1.54, 1.807) is 7.05 Å². The lowest BCUT2D eigenvalue weighted by Crippen LogP contribution is -2.33. The van der Waals surface area contributed by atoms with Crippen LogP contribution in [0.1, 0.15) is 21.7 Å². The van der Waals surface area contributed by atoms with E-state index in [1.807, 2.05) is 44.2 Å². The minimum absolute atomic E-state index is 0.0859. The van der Waals surface area contributed by atoms with Crippen molar-refractivity contribution in [3.8, 4) is 11.5 Å². The number of carbonyl (C=O) groups is 1. The molecule has 0 saturated heterocycles. The van der Waals surface area contributed by atoms with Crippen molar-refractivity contribution in [1.82, 2.24) is 23.9 Å². The summed E-state index contributed by atoms with van der Waals surface area (Å²) >= 11 is 0. The number of hydrogen-bond acceptors (Lipinski definition) is 6. The molecule has 32 heavy (non-hydrogen) atoms. The summed E-state index contributed by atoms with van der Waals surface area (Å²) in [4.78, 5) is 30.0. The van der Waals surface area contributed by atoms with Gasteiger partial charge in [-0.1, -0.05) is 12.1 Å². The summed E-state index contributed by atoms with van der Waals surface area (Å²) < 4.78 is 16.8. The Morgan fingerprint density at radius 3 is 2.81 bits per heavy atom. The van der Waals surface area contributed by atoms with Crippen LogP contribution in [0.2, 0.25) is 0 Å². The van der Waals surface area contributed by atoms with E-state index >= 15 is 0 Å². The lowest BCUT2D eigenvalue weighted by molar-refractivity contribution is 0.0777. The topological polar surface area (TPSA) is 93.2 Å². The van der Waals surface area contributed by atoms with Gasteiger partial charge in [0, 0.05) is 24.0 Å². The van der Waals surface area contributed by atoms with Gasteiger partial charge in [-0.25, -0.2) is 4.98 Å². The number of para-hydroxylation sites is 2. The number of rotatable bonds is 5. The number of aromatic nitrogens is 5. The molecule has 0 fully saturated rings. The van der Waals surface area contributed by atoms with Crippen molar-refractivity contribution in [2.75, 3.05) is 6.61 Å². The van der Waals surface area contributed by atoms with Crippen LogP contribution in [-0.2, 0) is 20.1 Å². The number of ether oxygens (including phenoxy) is 2. The number of benzene rings is 1. The highest BCUT2D eigenvalue weighted by molar-refractivity contribution is 5.97. The molecule has 0 unspecified atom stereocenters. The Bertz CT molecular complexity index is 1400. The van der Waals surface area contributed by atoms with Crippen molar-refractivity contribution in [3.05, 3.63) is 70.2 Å². The number of fused-ring (bicyclic) bond motifs is 2. The molecule has 5 rings (SSSR count). The highest BCUT2D eigenvalue weighted by Gasteiger charge is 2.24. The maximum Gasteiger partial charge on any atom is 0.264 e. The molecule has 1 atom stereocenters. The van der Waals surface area contributed by atoms with Crippen molar-refractivity contribution in [3.63, 3.8) is 0 Å². The van der Waals surface area contributed by atoms with Crippen LogP contribution in [0.5, 0.6) is 11.5 Å². The molecular formula is C23H23N5O4. The van der Waals surface area contributed by atoms with Crippen molar-refractivity contribution in [1.29, 1.82) is 0 Å². The van der Waals surface area contributed by atoms with Crippen LogP contribution < -0.4 is 15.0 Å². The van der Waals surface area contributed by atoms with Crippen molar-refractivity contribution in [2.24, 2.45) is 7.05 Å². The Morgan fingerprint density at radius 1 is 1.22 bits per heavy atom. The fourth-order valence-corrected chi connectivity index (χ4v) is 4.14. The largest absolute Gasteiger partial charge is 0.486 e. The lowest BCUT2D eigenvalue weighted by Gasteiger charge is -2.27. The molecule has 4 heterocycles. The Morgan fingerprint density at radius 2 is 2.00 bits per heavy atom. The summed E-state index contributed by atoms with van der Waals surface area (Å²) in [5, 5.41) is 4.46. The molecule has 1 aliphatic rings. The highest BCUT2D eigenvalue weighted by atomic mass is 16.6. The van der Waals surface area contributed by atoms with Crippen molar-refractivity contribution >= 4 is 16.8 Å². The molecule has 1 aliphatic heterocycles. The second-order valence-corrected chi connectivity index (χ2v) is 8.00. The zero-order chi connectivity index (χ0) is 22.4. The average molecular weight is 433 g/mol. The predicted octanol–water partition coefficient (Wildman–Crippen LogP) is 2.27. The molecule has 1 aromatic carbocycles. The predicted molar refractivity (Wildman–Crippen MR) is 117 cm³/mol. The number of nitrogens with zero attached hydrogens (tertiary/aromatic N) is 5. The average Bonchev–Trinajstić information content (AvgIpc) is 3.30. The van der Waals surface area contributed by atoms with Gasteiger partial charge in [0.2, 0.25) is 0 Å². The summed E-state index contributed by atoms with van der Waals surface area (Å²) in [6.07, 6.45) is 2.70. The molecule has 4 aromatic rings. The molecule has 0 radical (unpaired) electrons. The molecule has 9 nitrogen and oxygen atoms in total. The van der Waals surface area contributed by atoms with Crippen LogP contribution >= 0.6 is 0 Å². The smallest absolute Gasteiger partial charge is 0.264 e. The summed E-state index contributed by atoms with van der Waals surface area (Å²) in [5.41, 5.74) is 2.57. The number of Topliss-reactive ketones (excluding diaryl/α,β-unsaturated/α-hetero) is 1. The molecule has 0 saturated carbocycles. The van der Waals surface area contributed by atoms with Gasteiger partial charge in [-0.2, -0.15) is 5.10 Å². The van der Waals surface area contributed by atoms with Crippen LogP contribution in [0.3, 0.4) is 0 Å². The first-order valence-corrected chi connectivity index (χ1v) is 10.4. The zero-order valence-electron chi connectivity index (χ0n) is 18.1. The van der Waals surface area contributed by atoms with Crippen LogP contribution in [0, 0.1) is 13.8 Å². The van der Waals surface area contributed by atoms with Gasteiger partial charge in [-0.15, -0.1) is 0 Å². The first-order chi connectivity index (χ1) is 15.4. The maximum atomic E-state index is 13.1. The number of carbonyl (C=O) groups excluding carboxylic acids is 1. The Kier molecular flexibility index (Phi) is 4.80. The SMILES string of the molecule is Cc1cc(C(=O)Cn2cnc3c(cnn3C)c2=O)c(C)n1C[C@@H]1COc2ccccc2O1. The first kappa shape index (κ1) is 20.0. The fourth-order valence-electron chi connectivity index (χ4n) is 4.14. The van der Waals surface area contributed by atoms with Crippen LogP contribution in [0.4, 0.5) is 0 Å². The van der Waals surface area contributed by atoms with E-state index in [-0.39, 0.29) is 24.0 Å². The summed E-state index contributed by atoms with van der Waals surface area (Å²) in [6, 6.07) is 9.45. The van der Waals surface area contributed by atoms with E-state index in [4.69, 9.17) is 9.47 Å². The Hall–Kier alpha value is -3.88. The molecule has 0 aliphatic carbocycles. The van der Waals surface area contributed by atoms with E-state index < -0.39 is 0 Å². The van der Waals surface area contributed by atoms with Gasteiger partial charge in [0.25, 0.3) is 5.56 Å². The van der Waals surface area contributed by atoms with E-state index in [9.17, 15) is 9.59 Å². The van der Waals surface area contributed by atoms with E-state index in [0.717, 1.165) is 22.9 Å². The standard InChI is InChI=1S/C23H23N5O4/c1-14-8-17(19(29)11-27-13-24-22-18(23(27)30)9-25-26(22)3)15(2)28(14)10-16-12-31-20-6-4-5-7-21(20)32-16/h4-9,13,16H,10-12H2,1-3H3/t16-/m1/s1. The maximum absolute atomic E-state index is 13.1. The van der Waals surface area contributed by atoms with Gasteiger partial charge >= 0.3 is 0 Å². The molecular weight excluding hydrogens is 410 g/mol. The molecule has 0 bridgehead atoms. The molecule has 3 aromatic heterocycles. The molecule has 164 valence electrons. The van der Waals surface area contributed by atoms with Crippen LogP contribution in [-0.4, -0.2) is 42.4 Å². The molecule has 9 heteroatoms. The van der Waals surface area contributed by atoms with Crippen molar-refractivity contribution in [2.45, 2.75) is 33.0 Å². The van der Waals surface area contributed by atoms with Gasteiger partial charge in [-0.3, -0.25) is 18.8 Å². The van der Waals surface area contributed by atoms with Gasteiger partial charge in [0.15, 0.2) is 29.0 Å². The third kappa shape index (κ3) is 3.35. The summed E-state index contributed by atoms with van der Waals surface area (Å²) in [7, 11) is 1.72. The quantitative estimate of drug-likeness (QED) is 0.448. The minimum atomic E-state index is -0.281. The normalized spacial score (nSPS) is 15.3.